The largest absolute Gasteiger partial charge is 0.333 e. The standard InChI is InChI=1S/C23H34N4O2/c1-7-9-14-26(22(29)8-2)16-21(28)24-20-15-19(23(4,5)6)25-27(20)18-12-10-17(3)11-13-18/h10-13,15H,7-9,14,16H2,1-6H3,(H,24,28). The van der Waals surface area contributed by atoms with Gasteiger partial charge in [-0.3, -0.25) is 9.59 Å². The topological polar surface area (TPSA) is 67.2 Å². The highest BCUT2D eigenvalue weighted by Gasteiger charge is 2.22. The first kappa shape index (κ1) is 22.7. The molecule has 1 heterocycles. The van der Waals surface area contributed by atoms with E-state index in [2.05, 4.69) is 33.0 Å². The summed E-state index contributed by atoms with van der Waals surface area (Å²) in [6.45, 7) is 12.8. The van der Waals surface area contributed by atoms with E-state index in [-0.39, 0.29) is 23.8 Å². The summed E-state index contributed by atoms with van der Waals surface area (Å²) in [4.78, 5) is 26.6. The van der Waals surface area contributed by atoms with Crippen molar-refractivity contribution in [1.29, 1.82) is 0 Å². The molecule has 1 aromatic carbocycles. The molecule has 0 spiro atoms. The van der Waals surface area contributed by atoms with Crippen LogP contribution >= 0.6 is 0 Å². The van der Waals surface area contributed by atoms with Crippen LogP contribution in [0, 0.1) is 6.92 Å². The molecule has 29 heavy (non-hydrogen) atoms. The lowest BCUT2D eigenvalue weighted by molar-refractivity contribution is -0.134. The maximum atomic E-state index is 12.8. The van der Waals surface area contributed by atoms with Gasteiger partial charge in [0.05, 0.1) is 17.9 Å². The van der Waals surface area contributed by atoms with Crippen LogP contribution < -0.4 is 5.32 Å². The summed E-state index contributed by atoms with van der Waals surface area (Å²) in [5, 5.41) is 7.71. The fraction of sp³-hybridized carbons (Fsp3) is 0.522. The van der Waals surface area contributed by atoms with E-state index in [1.54, 1.807) is 9.58 Å². The third kappa shape index (κ3) is 6.17. The summed E-state index contributed by atoms with van der Waals surface area (Å²) in [7, 11) is 0. The number of unbranched alkanes of at least 4 members (excludes halogenated alkanes) is 1. The van der Waals surface area contributed by atoms with Crippen LogP contribution in [0.25, 0.3) is 5.69 Å². The van der Waals surface area contributed by atoms with Gasteiger partial charge in [-0.2, -0.15) is 5.10 Å². The van der Waals surface area contributed by atoms with E-state index >= 15 is 0 Å². The zero-order valence-corrected chi connectivity index (χ0v) is 18.6. The van der Waals surface area contributed by atoms with Gasteiger partial charge in [-0.1, -0.05) is 58.7 Å². The molecule has 0 saturated carbocycles. The van der Waals surface area contributed by atoms with Crippen LogP contribution in [-0.2, 0) is 15.0 Å². The maximum absolute atomic E-state index is 12.8. The van der Waals surface area contributed by atoms with Gasteiger partial charge < -0.3 is 10.2 Å². The van der Waals surface area contributed by atoms with Gasteiger partial charge in [0.25, 0.3) is 0 Å². The first-order valence-electron chi connectivity index (χ1n) is 10.4. The molecule has 1 N–H and O–H groups in total. The highest BCUT2D eigenvalue weighted by Crippen LogP contribution is 2.26. The van der Waals surface area contributed by atoms with Crippen molar-refractivity contribution in [1.82, 2.24) is 14.7 Å². The number of nitrogens with zero attached hydrogens (tertiary/aromatic N) is 3. The predicted octanol–water partition coefficient (Wildman–Crippen LogP) is 4.46. The molecule has 0 fully saturated rings. The zero-order valence-electron chi connectivity index (χ0n) is 18.6. The van der Waals surface area contributed by atoms with Gasteiger partial charge in [-0.25, -0.2) is 4.68 Å². The summed E-state index contributed by atoms with van der Waals surface area (Å²) >= 11 is 0. The summed E-state index contributed by atoms with van der Waals surface area (Å²) in [6, 6.07) is 9.92. The third-order valence-corrected chi connectivity index (χ3v) is 4.80. The Morgan fingerprint density at radius 3 is 2.34 bits per heavy atom. The van der Waals surface area contributed by atoms with Crippen molar-refractivity contribution in [3.63, 3.8) is 0 Å². The first-order valence-corrected chi connectivity index (χ1v) is 10.4. The Hall–Kier alpha value is -2.63. The fourth-order valence-electron chi connectivity index (χ4n) is 2.94. The molecule has 2 aromatic rings. The van der Waals surface area contributed by atoms with E-state index in [9.17, 15) is 9.59 Å². The minimum atomic E-state index is -0.211. The quantitative estimate of drug-likeness (QED) is 0.714. The van der Waals surface area contributed by atoms with Crippen LogP contribution in [0.5, 0.6) is 0 Å². The predicted molar refractivity (Wildman–Crippen MR) is 117 cm³/mol. The lowest BCUT2D eigenvalue weighted by Gasteiger charge is -2.21. The van der Waals surface area contributed by atoms with Crippen molar-refractivity contribution in [2.45, 2.75) is 66.2 Å². The zero-order chi connectivity index (χ0) is 21.6. The number of aromatic nitrogens is 2. The number of hydrogen-bond donors (Lipinski definition) is 1. The number of aryl methyl sites for hydroxylation is 1. The lowest BCUT2D eigenvalue weighted by Crippen LogP contribution is -2.38. The number of hydrogen-bond acceptors (Lipinski definition) is 3. The van der Waals surface area contributed by atoms with Crippen LogP contribution in [0.2, 0.25) is 0 Å². The van der Waals surface area contributed by atoms with Gasteiger partial charge in [0.2, 0.25) is 11.8 Å². The molecule has 0 radical (unpaired) electrons. The summed E-state index contributed by atoms with van der Waals surface area (Å²) in [6.07, 6.45) is 2.26. The van der Waals surface area contributed by atoms with E-state index in [0.29, 0.717) is 18.8 Å². The molecule has 6 heteroatoms. The van der Waals surface area contributed by atoms with Crippen LogP contribution in [0.3, 0.4) is 0 Å². The van der Waals surface area contributed by atoms with Gasteiger partial charge in [0.15, 0.2) is 0 Å². The number of amides is 2. The van der Waals surface area contributed by atoms with Crippen molar-refractivity contribution in [2.75, 3.05) is 18.4 Å². The second-order valence-electron chi connectivity index (χ2n) is 8.48. The molecule has 1 aromatic heterocycles. The molecule has 2 rings (SSSR count). The van der Waals surface area contributed by atoms with Gasteiger partial charge in [0, 0.05) is 24.4 Å². The molecule has 0 bridgehead atoms. The van der Waals surface area contributed by atoms with Crippen LogP contribution in [-0.4, -0.2) is 39.6 Å². The number of carbonyl (C=O) groups is 2. The number of anilines is 1. The van der Waals surface area contributed by atoms with E-state index < -0.39 is 0 Å². The minimum absolute atomic E-state index is 0.00368. The Morgan fingerprint density at radius 2 is 1.79 bits per heavy atom. The molecular formula is C23H34N4O2. The Balaban J connectivity index is 2.27. The number of carbonyl (C=O) groups excluding carboxylic acids is 2. The van der Waals surface area contributed by atoms with Gasteiger partial charge in [0.1, 0.15) is 5.82 Å². The van der Waals surface area contributed by atoms with Gasteiger partial charge in [-0.05, 0) is 25.5 Å². The average molecular weight is 399 g/mol. The second-order valence-corrected chi connectivity index (χ2v) is 8.48. The molecule has 0 saturated heterocycles. The molecular weight excluding hydrogens is 364 g/mol. The van der Waals surface area contributed by atoms with Crippen molar-refractivity contribution in [2.24, 2.45) is 0 Å². The van der Waals surface area contributed by atoms with E-state index in [1.807, 2.05) is 44.2 Å². The maximum Gasteiger partial charge on any atom is 0.245 e. The number of benzene rings is 1. The molecule has 0 aliphatic rings. The molecule has 6 nitrogen and oxygen atoms in total. The Morgan fingerprint density at radius 1 is 1.14 bits per heavy atom. The molecule has 0 aliphatic carbocycles. The van der Waals surface area contributed by atoms with Crippen LogP contribution in [0.1, 0.15) is 65.1 Å². The van der Waals surface area contributed by atoms with E-state index in [1.165, 1.54) is 0 Å². The lowest BCUT2D eigenvalue weighted by atomic mass is 9.92. The molecule has 0 aliphatic heterocycles. The van der Waals surface area contributed by atoms with E-state index in [0.717, 1.165) is 29.8 Å². The van der Waals surface area contributed by atoms with Crippen LogP contribution in [0.15, 0.2) is 30.3 Å². The Kier molecular flexibility index (Phi) is 7.59. The molecule has 0 unspecified atom stereocenters. The van der Waals surface area contributed by atoms with Crippen molar-refractivity contribution in [3.05, 3.63) is 41.6 Å². The van der Waals surface area contributed by atoms with Crippen molar-refractivity contribution in [3.8, 4) is 5.69 Å². The summed E-state index contributed by atoms with van der Waals surface area (Å²) in [5.41, 5.74) is 2.78. The fourth-order valence-corrected chi connectivity index (χ4v) is 2.94. The first-order chi connectivity index (χ1) is 13.7. The smallest absolute Gasteiger partial charge is 0.245 e. The van der Waals surface area contributed by atoms with E-state index in [4.69, 9.17) is 5.10 Å². The van der Waals surface area contributed by atoms with Gasteiger partial charge in [-0.15, -0.1) is 0 Å². The molecule has 0 atom stereocenters. The highest BCUT2D eigenvalue weighted by molar-refractivity contribution is 5.94. The van der Waals surface area contributed by atoms with Crippen LogP contribution in [0.4, 0.5) is 5.82 Å². The number of rotatable bonds is 8. The Labute approximate surface area is 174 Å². The summed E-state index contributed by atoms with van der Waals surface area (Å²) < 4.78 is 1.76. The van der Waals surface area contributed by atoms with Crippen molar-refractivity contribution < 1.29 is 9.59 Å². The summed E-state index contributed by atoms with van der Waals surface area (Å²) in [5.74, 6) is 0.399. The number of nitrogens with one attached hydrogen (secondary N) is 1. The second kappa shape index (κ2) is 9.72. The molecule has 2 amide bonds. The SMILES string of the molecule is CCCCN(CC(=O)Nc1cc(C(C)(C)C)nn1-c1ccc(C)cc1)C(=O)CC. The average Bonchev–Trinajstić information content (AvgIpc) is 3.09. The monoisotopic (exact) mass is 398 g/mol. The molecule has 158 valence electrons. The minimum Gasteiger partial charge on any atom is -0.333 e. The van der Waals surface area contributed by atoms with Crippen molar-refractivity contribution >= 4 is 17.6 Å². The normalized spacial score (nSPS) is 11.4. The third-order valence-electron chi connectivity index (χ3n) is 4.80. The van der Waals surface area contributed by atoms with Gasteiger partial charge >= 0.3 is 0 Å². The Bertz CT molecular complexity index is 832. The highest BCUT2D eigenvalue weighted by atomic mass is 16.2.